The quantitative estimate of drug-likeness (QED) is 0.170. The van der Waals surface area contributed by atoms with Crippen molar-refractivity contribution in [3.05, 3.63) is 42.2 Å². The zero-order valence-corrected chi connectivity index (χ0v) is 17.1. The summed E-state index contributed by atoms with van der Waals surface area (Å²) >= 11 is 0. The van der Waals surface area contributed by atoms with Crippen LogP contribution < -0.4 is 0 Å². The summed E-state index contributed by atoms with van der Waals surface area (Å²) < 4.78 is 4.68. The average molecular weight is 377 g/mol. The van der Waals surface area contributed by atoms with E-state index in [1.54, 1.807) is 13.8 Å². The van der Waals surface area contributed by atoms with Crippen LogP contribution in [0.2, 0.25) is 0 Å². The molecular weight excluding hydrogens is 340 g/mol. The summed E-state index contributed by atoms with van der Waals surface area (Å²) in [7, 11) is 0. The van der Waals surface area contributed by atoms with Crippen molar-refractivity contribution in [3.63, 3.8) is 0 Å². The summed E-state index contributed by atoms with van der Waals surface area (Å²) in [5.74, 6) is -3.37. The Morgan fingerprint density at radius 1 is 1.33 bits per heavy atom. The Kier molecular flexibility index (Phi) is 11.0. The largest absolute Gasteiger partial charge is 0.462 e. The molecule has 0 amide bonds. The lowest BCUT2D eigenvalue weighted by Crippen LogP contribution is -2.45. The van der Waals surface area contributed by atoms with E-state index in [-0.39, 0.29) is 6.61 Å². The van der Waals surface area contributed by atoms with E-state index in [0.29, 0.717) is 11.8 Å². The van der Waals surface area contributed by atoms with Gasteiger partial charge in [-0.15, -0.1) is 5.73 Å². The van der Waals surface area contributed by atoms with E-state index < -0.39 is 17.7 Å². The van der Waals surface area contributed by atoms with Crippen molar-refractivity contribution in [2.24, 2.45) is 17.8 Å². The first-order valence-corrected chi connectivity index (χ1v) is 10.3. The molecule has 0 bridgehead atoms. The average Bonchev–Trinajstić information content (AvgIpc) is 3.08. The zero-order valence-electron chi connectivity index (χ0n) is 17.1. The molecule has 0 aromatic heterocycles. The molecule has 152 valence electrons. The molecule has 0 radical (unpaired) electrons. The molecule has 0 aromatic carbocycles. The van der Waals surface area contributed by atoms with Crippen LogP contribution in [0, 0.1) is 17.8 Å². The summed E-state index contributed by atoms with van der Waals surface area (Å²) in [6.45, 7) is 5.51. The highest BCUT2D eigenvalue weighted by atomic mass is 16.6. The molecule has 1 unspecified atom stereocenters. The first kappa shape index (κ1) is 23.4. The summed E-state index contributed by atoms with van der Waals surface area (Å²) in [5, 5.41) is 19.8. The molecule has 0 heterocycles. The van der Waals surface area contributed by atoms with E-state index in [2.05, 4.69) is 41.7 Å². The third-order valence-corrected chi connectivity index (χ3v) is 5.02. The van der Waals surface area contributed by atoms with Gasteiger partial charge in [0.15, 0.2) is 0 Å². The number of esters is 1. The van der Waals surface area contributed by atoms with Crippen molar-refractivity contribution in [2.75, 3.05) is 6.61 Å². The van der Waals surface area contributed by atoms with Gasteiger partial charge < -0.3 is 14.9 Å². The number of hydrogen-bond donors (Lipinski definition) is 2. The minimum Gasteiger partial charge on any atom is -0.462 e. The molecule has 4 heteroatoms. The lowest BCUT2D eigenvalue weighted by molar-refractivity contribution is -0.219. The minimum atomic E-state index is -2.52. The van der Waals surface area contributed by atoms with Crippen LogP contribution in [0.3, 0.4) is 0 Å². The van der Waals surface area contributed by atoms with Gasteiger partial charge in [0.2, 0.25) is 0 Å². The van der Waals surface area contributed by atoms with Crippen LogP contribution in [0.5, 0.6) is 0 Å². The molecule has 1 aliphatic rings. The lowest BCUT2D eigenvalue weighted by Gasteiger charge is -2.23. The SMILES string of the molecule is CCCCCCC=C[C@H]1C=CC[C@@H]1CC=C=CC(C)C(O)(O)C(=O)OCC. The van der Waals surface area contributed by atoms with Gasteiger partial charge in [-0.2, -0.15) is 0 Å². The van der Waals surface area contributed by atoms with Gasteiger partial charge in [0.05, 0.1) is 6.61 Å². The molecule has 0 aromatic rings. The van der Waals surface area contributed by atoms with E-state index in [9.17, 15) is 15.0 Å². The van der Waals surface area contributed by atoms with Gasteiger partial charge in [-0.05, 0) is 56.6 Å². The molecule has 3 atom stereocenters. The van der Waals surface area contributed by atoms with Crippen molar-refractivity contribution < 1.29 is 19.7 Å². The zero-order chi connectivity index (χ0) is 20.1. The summed E-state index contributed by atoms with van der Waals surface area (Å²) in [4.78, 5) is 11.6. The van der Waals surface area contributed by atoms with Crippen molar-refractivity contribution in [2.45, 2.75) is 71.5 Å². The van der Waals surface area contributed by atoms with Crippen LogP contribution in [0.25, 0.3) is 0 Å². The molecule has 2 N–H and O–H groups in total. The second-order valence-electron chi connectivity index (χ2n) is 7.29. The minimum absolute atomic E-state index is 0.107. The summed E-state index contributed by atoms with van der Waals surface area (Å²) in [5.41, 5.74) is 3.00. The van der Waals surface area contributed by atoms with Crippen molar-refractivity contribution >= 4 is 5.97 Å². The first-order chi connectivity index (χ1) is 12.9. The van der Waals surface area contributed by atoms with Crippen LogP contribution >= 0.6 is 0 Å². The number of allylic oxidation sites excluding steroid dienone is 4. The van der Waals surface area contributed by atoms with Gasteiger partial charge in [-0.25, -0.2) is 4.79 Å². The molecule has 27 heavy (non-hydrogen) atoms. The maximum absolute atomic E-state index is 11.6. The predicted molar refractivity (Wildman–Crippen MR) is 109 cm³/mol. The number of ether oxygens (including phenoxy) is 1. The van der Waals surface area contributed by atoms with Gasteiger partial charge in [0.1, 0.15) is 0 Å². The van der Waals surface area contributed by atoms with E-state index >= 15 is 0 Å². The Bertz CT molecular complexity index is 553. The highest BCUT2D eigenvalue weighted by molar-refractivity contribution is 5.77. The van der Waals surface area contributed by atoms with Gasteiger partial charge >= 0.3 is 5.97 Å². The Morgan fingerprint density at radius 3 is 2.81 bits per heavy atom. The number of carbonyl (C=O) groups excluding carboxylic acids is 1. The maximum Gasteiger partial charge on any atom is 0.367 e. The van der Waals surface area contributed by atoms with Gasteiger partial charge in [0, 0.05) is 5.92 Å². The smallest absolute Gasteiger partial charge is 0.367 e. The standard InChI is InChI=1S/C23H36O4/c1-4-6-7-8-9-10-15-20-17-13-18-21(20)16-12-11-14-19(3)23(25,26)22(24)27-5-2/h10,12-15,17,19-21,25-26H,4-9,16,18H2,1-3H3/t11?,19?,20-,21-/m0/s1. The Morgan fingerprint density at radius 2 is 2.11 bits per heavy atom. The fourth-order valence-electron chi connectivity index (χ4n) is 3.11. The molecule has 0 saturated heterocycles. The van der Waals surface area contributed by atoms with E-state index in [4.69, 9.17) is 0 Å². The fraction of sp³-hybridized carbons (Fsp3) is 0.652. The van der Waals surface area contributed by atoms with Crippen LogP contribution in [-0.2, 0) is 9.53 Å². The first-order valence-electron chi connectivity index (χ1n) is 10.3. The number of hydrogen-bond acceptors (Lipinski definition) is 4. The topological polar surface area (TPSA) is 66.8 Å². The normalized spacial score (nSPS) is 20.5. The predicted octanol–water partition coefficient (Wildman–Crippen LogP) is 4.69. The third-order valence-electron chi connectivity index (χ3n) is 5.02. The number of aliphatic hydroxyl groups is 2. The Hall–Kier alpha value is -1.61. The van der Waals surface area contributed by atoms with Gasteiger partial charge in [-0.1, -0.05) is 57.4 Å². The van der Waals surface area contributed by atoms with E-state index in [0.717, 1.165) is 19.3 Å². The molecule has 1 aliphatic carbocycles. The number of carbonyl (C=O) groups is 1. The highest BCUT2D eigenvalue weighted by Gasteiger charge is 2.39. The molecule has 0 aliphatic heterocycles. The molecule has 0 spiro atoms. The molecular formula is C23H36O4. The highest BCUT2D eigenvalue weighted by Crippen LogP contribution is 2.29. The van der Waals surface area contributed by atoms with Crippen LogP contribution in [0.15, 0.2) is 42.2 Å². The van der Waals surface area contributed by atoms with E-state index in [1.807, 2.05) is 6.08 Å². The fourth-order valence-corrected chi connectivity index (χ4v) is 3.11. The molecule has 0 fully saturated rings. The second kappa shape index (κ2) is 12.7. The lowest BCUT2D eigenvalue weighted by atomic mass is 9.91. The van der Waals surface area contributed by atoms with Crippen molar-refractivity contribution in [1.29, 1.82) is 0 Å². The van der Waals surface area contributed by atoms with Crippen molar-refractivity contribution in [1.82, 2.24) is 0 Å². The van der Waals surface area contributed by atoms with Gasteiger partial charge in [0.25, 0.3) is 5.79 Å². The molecule has 1 rings (SSSR count). The molecule has 4 nitrogen and oxygen atoms in total. The van der Waals surface area contributed by atoms with Crippen molar-refractivity contribution in [3.8, 4) is 0 Å². The Balaban J connectivity index is 2.47. The maximum atomic E-state index is 11.6. The van der Waals surface area contributed by atoms with Crippen LogP contribution in [0.4, 0.5) is 0 Å². The van der Waals surface area contributed by atoms with Gasteiger partial charge in [-0.3, -0.25) is 0 Å². The Labute approximate surface area is 164 Å². The number of rotatable bonds is 12. The summed E-state index contributed by atoms with van der Waals surface area (Å²) in [6.07, 6.45) is 20.7. The van der Waals surface area contributed by atoms with E-state index in [1.165, 1.54) is 31.8 Å². The monoisotopic (exact) mass is 376 g/mol. The molecule has 0 saturated carbocycles. The second-order valence-corrected chi connectivity index (χ2v) is 7.29. The van der Waals surface area contributed by atoms with Crippen LogP contribution in [0.1, 0.15) is 65.7 Å². The summed E-state index contributed by atoms with van der Waals surface area (Å²) in [6, 6.07) is 0. The van der Waals surface area contributed by atoms with Crippen LogP contribution in [-0.4, -0.2) is 28.6 Å². The number of unbranched alkanes of at least 4 members (excludes halogenated alkanes) is 4. The third kappa shape index (κ3) is 8.30.